The van der Waals surface area contributed by atoms with Crippen LogP contribution >= 0.6 is 12.3 Å². The van der Waals surface area contributed by atoms with Crippen LogP contribution in [0.2, 0.25) is 0 Å². The normalized spacial score (nSPS) is 9.40. The molecule has 1 rings (SSSR count). The van der Waals surface area contributed by atoms with Gasteiger partial charge in [0.25, 0.3) is 0 Å². The van der Waals surface area contributed by atoms with Crippen LogP contribution in [0.1, 0.15) is 5.56 Å². The second-order valence-corrected chi connectivity index (χ2v) is 2.29. The Kier molecular flexibility index (Phi) is 2.59. The summed E-state index contributed by atoms with van der Waals surface area (Å²) in [7, 11) is 0. The standard InChI is InChI=1S/C7H8O2S/c1-6-2-4-7(5-3-6)9-10-8/h2-5,8H,1H3. The molecule has 0 amide bonds. The predicted molar refractivity (Wildman–Crippen MR) is 42.0 cm³/mol. The second-order valence-electron chi connectivity index (χ2n) is 1.97. The zero-order valence-electron chi connectivity index (χ0n) is 5.57. The quantitative estimate of drug-likeness (QED) is 0.667. The molecule has 0 spiro atoms. The Morgan fingerprint density at radius 1 is 1.30 bits per heavy atom. The summed E-state index contributed by atoms with van der Waals surface area (Å²) < 4.78 is 13.0. The summed E-state index contributed by atoms with van der Waals surface area (Å²) in [6, 6.07) is 7.45. The number of hydrogen-bond acceptors (Lipinski definition) is 3. The fraction of sp³-hybridized carbons (Fsp3) is 0.143. The largest absolute Gasteiger partial charge is 0.401 e. The number of aryl methyl sites for hydroxylation is 1. The van der Waals surface area contributed by atoms with Crippen molar-refractivity contribution in [2.75, 3.05) is 0 Å². The molecule has 0 unspecified atom stereocenters. The molecule has 0 heterocycles. The number of rotatable bonds is 2. The van der Waals surface area contributed by atoms with Gasteiger partial charge in [0.1, 0.15) is 5.75 Å². The van der Waals surface area contributed by atoms with E-state index in [9.17, 15) is 0 Å². The molecule has 0 saturated heterocycles. The first kappa shape index (κ1) is 7.44. The lowest BCUT2D eigenvalue weighted by molar-refractivity contribution is 0.541. The van der Waals surface area contributed by atoms with Gasteiger partial charge in [-0.25, -0.2) is 0 Å². The maximum absolute atomic E-state index is 8.28. The van der Waals surface area contributed by atoms with Crippen LogP contribution in [0.3, 0.4) is 0 Å². The van der Waals surface area contributed by atoms with E-state index in [2.05, 4.69) is 0 Å². The minimum atomic E-state index is 0.361. The van der Waals surface area contributed by atoms with E-state index >= 15 is 0 Å². The maximum Gasteiger partial charge on any atom is 0.222 e. The second kappa shape index (κ2) is 3.49. The maximum atomic E-state index is 8.28. The van der Waals surface area contributed by atoms with E-state index in [1.807, 2.05) is 19.1 Å². The highest BCUT2D eigenvalue weighted by Gasteiger charge is 1.90. The molecule has 2 nitrogen and oxygen atoms in total. The average molecular weight is 156 g/mol. The van der Waals surface area contributed by atoms with Crippen LogP contribution in [0, 0.1) is 6.92 Å². The summed E-state index contributed by atoms with van der Waals surface area (Å²) in [5, 5.41) is 0. The van der Waals surface area contributed by atoms with Crippen molar-refractivity contribution in [3.8, 4) is 5.75 Å². The SMILES string of the molecule is Cc1ccc(OSO)cc1. The summed E-state index contributed by atoms with van der Waals surface area (Å²) in [4.78, 5) is 0. The van der Waals surface area contributed by atoms with Crippen LogP contribution in [0.5, 0.6) is 5.75 Å². The molecule has 0 aliphatic carbocycles. The molecule has 3 heteroatoms. The third-order valence-corrected chi connectivity index (χ3v) is 1.42. The molecule has 1 aromatic rings. The molecule has 0 fully saturated rings. The van der Waals surface area contributed by atoms with Gasteiger partial charge in [-0.15, -0.1) is 0 Å². The highest BCUT2D eigenvalue weighted by molar-refractivity contribution is 7.89. The summed E-state index contributed by atoms with van der Waals surface area (Å²) in [6.45, 7) is 2.00. The molecule has 0 bridgehead atoms. The molecule has 1 aromatic carbocycles. The zero-order valence-corrected chi connectivity index (χ0v) is 6.39. The third-order valence-electron chi connectivity index (χ3n) is 1.15. The van der Waals surface area contributed by atoms with Gasteiger partial charge >= 0.3 is 0 Å². The first-order valence-corrected chi connectivity index (χ1v) is 3.57. The Bertz CT molecular complexity index is 195. The molecular formula is C7H8O2S. The van der Waals surface area contributed by atoms with E-state index < -0.39 is 0 Å². The average Bonchev–Trinajstić information content (AvgIpc) is 1.95. The van der Waals surface area contributed by atoms with Gasteiger partial charge in [0.05, 0.1) is 0 Å². The Morgan fingerprint density at radius 2 is 1.90 bits per heavy atom. The summed E-state index contributed by atoms with van der Waals surface area (Å²) in [5.41, 5.74) is 1.18. The van der Waals surface area contributed by atoms with E-state index in [-0.39, 0.29) is 0 Å². The lowest BCUT2D eigenvalue weighted by Crippen LogP contribution is -1.78. The highest BCUT2D eigenvalue weighted by atomic mass is 32.2. The third kappa shape index (κ3) is 1.93. The molecule has 0 atom stereocenters. The molecule has 0 radical (unpaired) electrons. The molecule has 1 N–H and O–H groups in total. The van der Waals surface area contributed by atoms with Crippen LogP contribution in [-0.4, -0.2) is 4.55 Å². The van der Waals surface area contributed by atoms with Crippen LogP contribution < -0.4 is 4.18 Å². The molecule has 54 valence electrons. The van der Waals surface area contributed by atoms with Crippen molar-refractivity contribution in [2.45, 2.75) is 6.92 Å². The first-order valence-electron chi connectivity index (χ1n) is 2.87. The van der Waals surface area contributed by atoms with Crippen molar-refractivity contribution in [3.05, 3.63) is 29.8 Å². The number of benzene rings is 1. The van der Waals surface area contributed by atoms with Crippen molar-refractivity contribution >= 4 is 12.3 Å². The Labute approximate surface area is 64.2 Å². The van der Waals surface area contributed by atoms with Crippen LogP contribution in [-0.2, 0) is 0 Å². The minimum absolute atomic E-state index is 0.361. The molecule has 0 saturated carbocycles. The minimum Gasteiger partial charge on any atom is -0.401 e. The van der Waals surface area contributed by atoms with Crippen molar-refractivity contribution in [1.82, 2.24) is 0 Å². The monoisotopic (exact) mass is 156 g/mol. The first-order chi connectivity index (χ1) is 4.83. The van der Waals surface area contributed by atoms with Crippen molar-refractivity contribution in [1.29, 1.82) is 0 Å². The van der Waals surface area contributed by atoms with E-state index in [4.69, 9.17) is 8.74 Å². The fourth-order valence-corrected chi connectivity index (χ4v) is 0.834. The summed E-state index contributed by atoms with van der Waals surface area (Å²) in [6.07, 6.45) is 0. The molecule has 0 aliphatic rings. The topological polar surface area (TPSA) is 29.5 Å². The Balaban J connectivity index is 2.69. The van der Waals surface area contributed by atoms with E-state index in [1.165, 1.54) is 5.56 Å². The van der Waals surface area contributed by atoms with Crippen LogP contribution in [0.25, 0.3) is 0 Å². The Morgan fingerprint density at radius 3 is 2.40 bits per heavy atom. The van der Waals surface area contributed by atoms with Gasteiger partial charge in [-0.2, -0.15) is 0 Å². The predicted octanol–water partition coefficient (Wildman–Crippen LogP) is 2.50. The van der Waals surface area contributed by atoms with Crippen molar-refractivity contribution in [2.24, 2.45) is 0 Å². The lowest BCUT2D eigenvalue weighted by atomic mass is 10.2. The molecular weight excluding hydrogens is 148 g/mol. The van der Waals surface area contributed by atoms with Crippen molar-refractivity contribution < 1.29 is 8.74 Å². The van der Waals surface area contributed by atoms with Crippen LogP contribution in [0.15, 0.2) is 24.3 Å². The van der Waals surface area contributed by atoms with E-state index in [0.29, 0.717) is 18.1 Å². The van der Waals surface area contributed by atoms with E-state index in [1.54, 1.807) is 12.1 Å². The fourth-order valence-electron chi connectivity index (χ4n) is 0.637. The highest BCUT2D eigenvalue weighted by Crippen LogP contribution is 2.14. The smallest absolute Gasteiger partial charge is 0.222 e. The van der Waals surface area contributed by atoms with Gasteiger partial charge < -0.3 is 4.18 Å². The lowest BCUT2D eigenvalue weighted by Gasteiger charge is -1.97. The Hall–Kier alpha value is -0.670. The van der Waals surface area contributed by atoms with E-state index in [0.717, 1.165) is 0 Å². The van der Waals surface area contributed by atoms with Crippen molar-refractivity contribution in [3.63, 3.8) is 0 Å². The molecule has 0 aromatic heterocycles. The summed E-state index contributed by atoms with van der Waals surface area (Å²) in [5.74, 6) is 0.665. The van der Waals surface area contributed by atoms with Gasteiger partial charge in [0, 0.05) is 0 Å². The van der Waals surface area contributed by atoms with Gasteiger partial charge in [0.15, 0.2) is 0 Å². The number of hydrogen-bond donors (Lipinski definition) is 1. The van der Waals surface area contributed by atoms with Gasteiger partial charge in [-0.3, -0.25) is 4.55 Å². The molecule has 0 aliphatic heterocycles. The van der Waals surface area contributed by atoms with Gasteiger partial charge in [-0.05, 0) is 19.1 Å². The van der Waals surface area contributed by atoms with Gasteiger partial charge in [-0.1, -0.05) is 17.7 Å². The zero-order chi connectivity index (χ0) is 7.40. The van der Waals surface area contributed by atoms with Crippen LogP contribution in [0.4, 0.5) is 0 Å². The summed E-state index contributed by atoms with van der Waals surface area (Å²) >= 11 is 0.361. The van der Waals surface area contributed by atoms with Gasteiger partial charge in [0.2, 0.25) is 12.3 Å². The molecule has 10 heavy (non-hydrogen) atoms.